The van der Waals surface area contributed by atoms with E-state index in [1.54, 1.807) is 24.1 Å². The fourth-order valence-electron chi connectivity index (χ4n) is 2.85. The predicted octanol–water partition coefficient (Wildman–Crippen LogP) is 3.23. The minimum atomic E-state index is -0.547. The first-order valence-corrected chi connectivity index (χ1v) is 8.75. The zero-order valence-electron chi connectivity index (χ0n) is 15.5. The molecule has 0 aliphatic heterocycles. The number of benzene rings is 2. The Morgan fingerprint density at radius 2 is 1.62 bits per heavy atom. The standard InChI is InChI=1S/C21H25FN2O2/c1-4-19(21(26)23-3)24(14-17-7-5-15(2)6-8-17)20(25)13-16-9-11-18(22)12-10-16/h5-12,19H,4,13-14H2,1-3H3,(H,23,26). The Bertz CT molecular complexity index is 742. The number of amides is 2. The predicted molar refractivity (Wildman–Crippen MR) is 100.0 cm³/mol. The highest BCUT2D eigenvalue weighted by Gasteiger charge is 2.27. The van der Waals surface area contributed by atoms with Crippen molar-refractivity contribution in [2.24, 2.45) is 0 Å². The first-order chi connectivity index (χ1) is 12.4. The van der Waals surface area contributed by atoms with Crippen molar-refractivity contribution in [3.63, 3.8) is 0 Å². The maximum absolute atomic E-state index is 13.1. The summed E-state index contributed by atoms with van der Waals surface area (Å²) in [6, 6.07) is 13.2. The highest BCUT2D eigenvalue weighted by Crippen LogP contribution is 2.15. The summed E-state index contributed by atoms with van der Waals surface area (Å²) in [7, 11) is 1.57. The number of nitrogens with one attached hydrogen (secondary N) is 1. The van der Waals surface area contributed by atoms with Gasteiger partial charge in [-0.05, 0) is 36.6 Å². The summed E-state index contributed by atoms with van der Waals surface area (Å²) >= 11 is 0. The van der Waals surface area contributed by atoms with Crippen LogP contribution in [0.15, 0.2) is 48.5 Å². The Balaban J connectivity index is 2.25. The average Bonchev–Trinajstić information content (AvgIpc) is 2.64. The van der Waals surface area contributed by atoms with Crippen LogP contribution in [0.2, 0.25) is 0 Å². The van der Waals surface area contributed by atoms with Crippen molar-refractivity contribution in [1.82, 2.24) is 10.2 Å². The first-order valence-electron chi connectivity index (χ1n) is 8.75. The van der Waals surface area contributed by atoms with E-state index in [0.29, 0.717) is 13.0 Å². The van der Waals surface area contributed by atoms with E-state index in [1.165, 1.54) is 12.1 Å². The van der Waals surface area contributed by atoms with Crippen LogP contribution in [0.1, 0.15) is 30.0 Å². The van der Waals surface area contributed by atoms with Crippen LogP contribution in [-0.2, 0) is 22.6 Å². The minimum Gasteiger partial charge on any atom is -0.357 e. The van der Waals surface area contributed by atoms with Crippen LogP contribution in [-0.4, -0.2) is 29.8 Å². The van der Waals surface area contributed by atoms with E-state index in [9.17, 15) is 14.0 Å². The van der Waals surface area contributed by atoms with Gasteiger partial charge in [0.25, 0.3) is 0 Å². The van der Waals surface area contributed by atoms with Crippen LogP contribution in [0, 0.1) is 12.7 Å². The lowest BCUT2D eigenvalue weighted by molar-refractivity contribution is -0.140. The molecular formula is C21H25FN2O2. The highest BCUT2D eigenvalue weighted by molar-refractivity contribution is 5.88. The van der Waals surface area contributed by atoms with Crippen LogP contribution >= 0.6 is 0 Å². The third-order valence-corrected chi connectivity index (χ3v) is 4.37. The molecule has 0 radical (unpaired) electrons. The number of likely N-dealkylation sites (N-methyl/N-ethyl adjacent to an activating group) is 1. The molecule has 0 aliphatic rings. The molecular weight excluding hydrogens is 331 g/mol. The number of rotatable bonds is 7. The molecule has 138 valence electrons. The molecule has 0 heterocycles. The molecule has 0 fully saturated rings. The molecule has 2 rings (SSSR count). The number of hydrogen-bond donors (Lipinski definition) is 1. The lowest BCUT2D eigenvalue weighted by Crippen LogP contribution is -2.48. The van der Waals surface area contributed by atoms with Crippen molar-refractivity contribution in [1.29, 1.82) is 0 Å². The van der Waals surface area contributed by atoms with Gasteiger partial charge >= 0.3 is 0 Å². The molecule has 1 unspecified atom stereocenters. The van der Waals surface area contributed by atoms with Gasteiger partial charge in [0.2, 0.25) is 11.8 Å². The second-order valence-corrected chi connectivity index (χ2v) is 6.35. The molecule has 0 saturated carbocycles. The zero-order chi connectivity index (χ0) is 19.1. The average molecular weight is 356 g/mol. The van der Waals surface area contributed by atoms with E-state index in [0.717, 1.165) is 16.7 Å². The van der Waals surface area contributed by atoms with E-state index >= 15 is 0 Å². The molecule has 2 amide bonds. The SMILES string of the molecule is CCC(C(=O)NC)N(Cc1ccc(C)cc1)C(=O)Cc1ccc(F)cc1. The summed E-state index contributed by atoms with van der Waals surface area (Å²) < 4.78 is 13.1. The van der Waals surface area contributed by atoms with Gasteiger partial charge in [-0.25, -0.2) is 4.39 Å². The first kappa shape index (κ1) is 19.6. The molecule has 2 aromatic rings. The van der Waals surface area contributed by atoms with Gasteiger partial charge in [-0.1, -0.05) is 48.9 Å². The third kappa shape index (κ3) is 5.15. The molecule has 1 atom stereocenters. The minimum absolute atomic E-state index is 0.125. The van der Waals surface area contributed by atoms with Crippen LogP contribution in [0.3, 0.4) is 0 Å². The van der Waals surface area contributed by atoms with Crippen molar-refractivity contribution in [2.75, 3.05) is 7.05 Å². The van der Waals surface area contributed by atoms with Gasteiger partial charge in [-0.2, -0.15) is 0 Å². The van der Waals surface area contributed by atoms with E-state index in [1.807, 2.05) is 38.1 Å². The van der Waals surface area contributed by atoms with Crippen molar-refractivity contribution < 1.29 is 14.0 Å². The number of halogens is 1. The lowest BCUT2D eigenvalue weighted by Gasteiger charge is -2.30. The second-order valence-electron chi connectivity index (χ2n) is 6.35. The van der Waals surface area contributed by atoms with Gasteiger partial charge in [0.05, 0.1) is 6.42 Å². The maximum Gasteiger partial charge on any atom is 0.242 e. The summed E-state index contributed by atoms with van der Waals surface area (Å²) in [5.41, 5.74) is 2.82. The smallest absolute Gasteiger partial charge is 0.242 e. The quantitative estimate of drug-likeness (QED) is 0.828. The summed E-state index contributed by atoms with van der Waals surface area (Å²) in [5.74, 6) is -0.686. The van der Waals surface area contributed by atoms with Crippen molar-refractivity contribution in [2.45, 2.75) is 39.3 Å². The fourth-order valence-corrected chi connectivity index (χ4v) is 2.85. The topological polar surface area (TPSA) is 49.4 Å². The van der Waals surface area contributed by atoms with E-state index < -0.39 is 6.04 Å². The van der Waals surface area contributed by atoms with Crippen LogP contribution in [0.4, 0.5) is 4.39 Å². The second kappa shape index (κ2) is 9.13. The summed E-state index contributed by atoms with van der Waals surface area (Å²) in [6.07, 6.45) is 0.639. The fraction of sp³-hybridized carbons (Fsp3) is 0.333. The molecule has 0 aliphatic carbocycles. The molecule has 4 nitrogen and oxygen atoms in total. The van der Waals surface area contributed by atoms with Crippen LogP contribution in [0.25, 0.3) is 0 Å². The van der Waals surface area contributed by atoms with Gasteiger partial charge in [0.15, 0.2) is 0 Å². The molecule has 2 aromatic carbocycles. The molecule has 0 saturated heterocycles. The van der Waals surface area contributed by atoms with Crippen molar-refractivity contribution in [3.8, 4) is 0 Å². The van der Waals surface area contributed by atoms with Gasteiger partial charge in [-0.15, -0.1) is 0 Å². The Morgan fingerprint density at radius 3 is 2.15 bits per heavy atom. The zero-order valence-corrected chi connectivity index (χ0v) is 15.5. The number of carbonyl (C=O) groups is 2. The Labute approximate surface area is 154 Å². The number of hydrogen-bond acceptors (Lipinski definition) is 2. The summed E-state index contributed by atoms with van der Waals surface area (Å²) in [6.45, 7) is 4.24. The molecule has 0 aromatic heterocycles. The van der Waals surface area contributed by atoms with Crippen molar-refractivity contribution >= 4 is 11.8 Å². The molecule has 26 heavy (non-hydrogen) atoms. The van der Waals surface area contributed by atoms with Gasteiger partial charge in [0, 0.05) is 13.6 Å². The highest BCUT2D eigenvalue weighted by atomic mass is 19.1. The normalized spacial score (nSPS) is 11.7. The van der Waals surface area contributed by atoms with Gasteiger partial charge in [-0.3, -0.25) is 9.59 Å². The Kier molecular flexibility index (Phi) is 6.89. The number of aryl methyl sites for hydroxylation is 1. The Hall–Kier alpha value is -2.69. The Morgan fingerprint density at radius 1 is 1.04 bits per heavy atom. The molecule has 0 spiro atoms. The summed E-state index contributed by atoms with van der Waals surface area (Å²) in [4.78, 5) is 26.8. The van der Waals surface area contributed by atoms with E-state index in [-0.39, 0.29) is 24.1 Å². The van der Waals surface area contributed by atoms with Gasteiger partial charge < -0.3 is 10.2 Å². The maximum atomic E-state index is 13.1. The van der Waals surface area contributed by atoms with Crippen molar-refractivity contribution in [3.05, 3.63) is 71.0 Å². The van der Waals surface area contributed by atoms with Gasteiger partial charge in [0.1, 0.15) is 11.9 Å². The number of carbonyl (C=O) groups excluding carboxylic acids is 2. The largest absolute Gasteiger partial charge is 0.357 e. The molecule has 5 heteroatoms. The molecule has 0 bridgehead atoms. The number of nitrogens with zero attached hydrogens (tertiary/aromatic N) is 1. The third-order valence-electron chi connectivity index (χ3n) is 4.37. The summed E-state index contributed by atoms with van der Waals surface area (Å²) in [5, 5.41) is 2.64. The molecule has 1 N–H and O–H groups in total. The van der Waals surface area contributed by atoms with E-state index in [4.69, 9.17) is 0 Å². The van der Waals surface area contributed by atoms with Crippen LogP contribution in [0.5, 0.6) is 0 Å². The monoisotopic (exact) mass is 356 g/mol. The lowest BCUT2D eigenvalue weighted by atomic mass is 10.1. The van der Waals surface area contributed by atoms with E-state index in [2.05, 4.69) is 5.32 Å². The van der Waals surface area contributed by atoms with Crippen LogP contribution < -0.4 is 5.32 Å².